The van der Waals surface area contributed by atoms with Gasteiger partial charge in [-0.1, -0.05) is 36.4 Å². The third-order valence-electron chi connectivity index (χ3n) is 4.94. The Morgan fingerprint density at radius 3 is 2.58 bits per heavy atom. The number of nitrogens with zero attached hydrogens (tertiary/aromatic N) is 3. The van der Waals surface area contributed by atoms with Gasteiger partial charge in [-0.05, 0) is 42.1 Å². The smallest absolute Gasteiger partial charge is 0.147 e. The van der Waals surface area contributed by atoms with E-state index in [1.54, 1.807) is 0 Å². The SMILES string of the molecule is NCC1CCN(c2cncc(-c3ccc4ccccc4c3)n2)CC1. The van der Waals surface area contributed by atoms with Gasteiger partial charge in [0.05, 0.1) is 18.1 Å². The number of fused-ring (bicyclic) bond motifs is 1. The average Bonchev–Trinajstić information content (AvgIpc) is 2.68. The number of benzene rings is 2. The van der Waals surface area contributed by atoms with Gasteiger partial charge in [-0.2, -0.15) is 0 Å². The summed E-state index contributed by atoms with van der Waals surface area (Å²) in [5.41, 5.74) is 7.83. The van der Waals surface area contributed by atoms with E-state index in [2.05, 4.69) is 52.3 Å². The first-order valence-corrected chi connectivity index (χ1v) is 8.60. The zero-order chi connectivity index (χ0) is 16.4. The van der Waals surface area contributed by atoms with Crippen molar-refractivity contribution in [2.45, 2.75) is 12.8 Å². The minimum absolute atomic E-state index is 0.651. The molecule has 0 amide bonds. The molecular formula is C20H22N4. The molecule has 1 aliphatic heterocycles. The van der Waals surface area contributed by atoms with Gasteiger partial charge in [-0.25, -0.2) is 4.98 Å². The average molecular weight is 318 g/mol. The molecule has 0 saturated carbocycles. The standard InChI is InChI=1S/C20H22N4/c21-12-15-7-9-24(10-8-15)20-14-22-13-19(23-20)18-6-5-16-3-1-2-4-17(16)11-18/h1-6,11,13-15H,7-10,12,21H2. The van der Waals surface area contributed by atoms with Crippen LogP contribution in [0.3, 0.4) is 0 Å². The molecule has 3 aromatic rings. The lowest BCUT2D eigenvalue weighted by Gasteiger charge is -2.32. The van der Waals surface area contributed by atoms with Crippen LogP contribution in [0.25, 0.3) is 22.0 Å². The van der Waals surface area contributed by atoms with Crippen molar-refractivity contribution in [2.75, 3.05) is 24.5 Å². The van der Waals surface area contributed by atoms with Crippen LogP contribution >= 0.6 is 0 Å². The molecule has 24 heavy (non-hydrogen) atoms. The summed E-state index contributed by atoms with van der Waals surface area (Å²) in [5.74, 6) is 1.62. The number of anilines is 1. The Labute approximate surface area is 142 Å². The van der Waals surface area contributed by atoms with Crippen molar-refractivity contribution >= 4 is 16.6 Å². The Kier molecular flexibility index (Phi) is 4.13. The molecule has 2 aromatic carbocycles. The number of aromatic nitrogens is 2. The lowest BCUT2D eigenvalue weighted by atomic mass is 9.97. The molecule has 0 bridgehead atoms. The van der Waals surface area contributed by atoms with E-state index < -0.39 is 0 Å². The Morgan fingerprint density at radius 1 is 1.00 bits per heavy atom. The molecule has 0 aliphatic carbocycles. The van der Waals surface area contributed by atoms with Gasteiger partial charge in [0.15, 0.2) is 0 Å². The van der Waals surface area contributed by atoms with Crippen LogP contribution < -0.4 is 10.6 Å². The third kappa shape index (κ3) is 2.97. The van der Waals surface area contributed by atoms with Gasteiger partial charge in [0.25, 0.3) is 0 Å². The molecule has 0 atom stereocenters. The van der Waals surface area contributed by atoms with E-state index in [0.29, 0.717) is 5.92 Å². The van der Waals surface area contributed by atoms with Crippen LogP contribution in [0.15, 0.2) is 54.9 Å². The van der Waals surface area contributed by atoms with Crippen LogP contribution in [0.4, 0.5) is 5.82 Å². The second-order valence-electron chi connectivity index (χ2n) is 6.49. The lowest BCUT2D eigenvalue weighted by molar-refractivity contribution is 0.413. The van der Waals surface area contributed by atoms with Crippen molar-refractivity contribution in [3.63, 3.8) is 0 Å². The van der Waals surface area contributed by atoms with Gasteiger partial charge in [0.1, 0.15) is 5.82 Å². The van der Waals surface area contributed by atoms with Crippen LogP contribution in [0.1, 0.15) is 12.8 Å². The quantitative estimate of drug-likeness (QED) is 0.803. The highest BCUT2D eigenvalue weighted by atomic mass is 15.2. The molecular weight excluding hydrogens is 296 g/mol. The molecule has 1 aromatic heterocycles. The van der Waals surface area contributed by atoms with E-state index in [1.165, 1.54) is 10.8 Å². The van der Waals surface area contributed by atoms with Gasteiger partial charge in [-0.3, -0.25) is 4.98 Å². The van der Waals surface area contributed by atoms with E-state index in [9.17, 15) is 0 Å². The molecule has 0 unspecified atom stereocenters. The van der Waals surface area contributed by atoms with Crippen molar-refractivity contribution in [3.05, 3.63) is 54.9 Å². The Morgan fingerprint density at radius 2 is 1.79 bits per heavy atom. The van der Waals surface area contributed by atoms with Crippen molar-refractivity contribution in [1.29, 1.82) is 0 Å². The van der Waals surface area contributed by atoms with Crippen LogP contribution in [-0.4, -0.2) is 29.6 Å². The van der Waals surface area contributed by atoms with Crippen molar-refractivity contribution in [2.24, 2.45) is 11.7 Å². The minimum atomic E-state index is 0.651. The molecule has 1 fully saturated rings. The van der Waals surface area contributed by atoms with Crippen LogP contribution in [0.2, 0.25) is 0 Å². The molecule has 4 rings (SSSR count). The molecule has 1 saturated heterocycles. The van der Waals surface area contributed by atoms with Crippen molar-refractivity contribution in [1.82, 2.24) is 9.97 Å². The van der Waals surface area contributed by atoms with Crippen LogP contribution in [-0.2, 0) is 0 Å². The Balaban J connectivity index is 1.62. The summed E-state index contributed by atoms with van der Waals surface area (Å²) in [6, 6.07) is 14.8. The van der Waals surface area contributed by atoms with Gasteiger partial charge in [-0.15, -0.1) is 0 Å². The first-order valence-electron chi connectivity index (χ1n) is 8.60. The fourth-order valence-electron chi connectivity index (χ4n) is 3.39. The monoisotopic (exact) mass is 318 g/mol. The summed E-state index contributed by atoms with van der Waals surface area (Å²) >= 11 is 0. The second-order valence-corrected chi connectivity index (χ2v) is 6.49. The third-order valence-corrected chi connectivity index (χ3v) is 4.94. The second kappa shape index (κ2) is 6.57. The van der Waals surface area contributed by atoms with E-state index in [-0.39, 0.29) is 0 Å². The molecule has 122 valence electrons. The Bertz CT molecular complexity index is 838. The fourth-order valence-corrected chi connectivity index (χ4v) is 3.39. The minimum Gasteiger partial charge on any atom is -0.355 e. The summed E-state index contributed by atoms with van der Waals surface area (Å²) in [6.07, 6.45) is 5.99. The summed E-state index contributed by atoms with van der Waals surface area (Å²) in [7, 11) is 0. The highest BCUT2D eigenvalue weighted by Gasteiger charge is 2.19. The van der Waals surface area contributed by atoms with Gasteiger partial charge >= 0.3 is 0 Å². The van der Waals surface area contributed by atoms with Gasteiger partial charge in [0, 0.05) is 18.7 Å². The summed E-state index contributed by atoms with van der Waals surface area (Å²) in [5, 5.41) is 2.47. The normalized spacial score (nSPS) is 15.8. The van der Waals surface area contributed by atoms with Crippen LogP contribution in [0, 0.1) is 5.92 Å². The molecule has 0 radical (unpaired) electrons. The molecule has 1 aliphatic rings. The lowest BCUT2D eigenvalue weighted by Crippen LogP contribution is -2.36. The highest BCUT2D eigenvalue weighted by Crippen LogP contribution is 2.26. The maximum Gasteiger partial charge on any atom is 0.147 e. The van der Waals surface area contributed by atoms with Gasteiger partial charge < -0.3 is 10.6 Å². The molecule has 4 heteroatoms. The zero-order valence-electron chi connectivity index (χ0n) is 13.7. The van der Waals surface area contributed by atoms with E-state index >= 15 is 0 Å². The van der Waals surface area contributed by atoms with Crippen LogP contribution in [0.5, 0.6) is 0 Å². The Hall–Kier alpha value is -2.46. The maximum absolute atomic E-state index is 5.79. The van der Waals surface area contributed by atoms with Gasteiger partial charge in [0.2, 0.25) is 0 Å². The summed E-state index contributed by atoms with van der Waals surface area (Å²) in [6.45, 7) is 2.81. The highest BCUT2D eigenvalue weighted by molar-refractivity contribution is 5.86. The molecule has 0 spiro atoms. The fraction of sp³-hybridized carbons (Fsp3) is 0.300. The summed E-state index contributed by atoms with van der Waals surface area (Å²) in [4.78, 5) is 11.6. The maximum atomic E-state index is 5.79. The number of rotatable bonds is 3. The largest absolute Gasteiger partial charge is 0.355 e. The molecule has 2 N–H and O–H groups in total. The molecule has 4 nitrogen and oxygen atoms in total. The number of piperidine rings is 1. The predicted octanol–water partition coefficient (Wildman–Crippen LogP) is 3.47. The topological polar surface area (TPSA) is 55.0 Å². The molecule has 2 heterocycles. The van der Waals surface area contributed by atoms with E-state index in [0.717, 1.165) is 49.6 Å². The number of hydrogen-bond acceptors (Lipinski definition) is 4. The van der Waals surface area contributed by atoms with E-state index in [4.69, 9.17) is 10.7 Å². The number of nitrogens with two attached hydrogens (primary N) is 1. The first-order chi connectivity index (χ1) is 11.8. The first kappa shape index (κ1) is 15.1. The van der Waals surface area contributed by atoms with Crippen molar-refractivity contribution < 1.29 is 0 Å². The number of hydrogen-bond donors (Lipinski definition) is 1. The zero-order valence-corrected chi connectivity index (χ0v) is 13.7. The van der Waals surface area contributed by atoms with E-state index in [1.807, 2.05) is 12.4 Å². The summed E-state index contributed by atoms with van der Waals surface area (Å²) < 4.78 is 0. The van der Waals surface area contributed by atoms with Crippen molar-refractivity contribution in [3.8, 4) is 11.3 Å². The predicted molar refractivity (Wildman–Crippen MR) is 99.0 cm³/mol.